The highest BCUT2D eigenvalue weighted by Gasteiger charge is 2.17. The highest BCUT2D eigenvalue weighted by molar-refractivity contribution is 9.09. The zero-order valence-electron chi connectivity index (χ0n) is 11.1. The van der Waals surface area contributed by atoms with Gasteiger partial charge in [-0.3, -0.25) is 14.9 Å². The van der Waals surface area contributed by atoms with E-state index in [-0.39, 0.29) is 16.9 Å². The second-order valence-electron chi connectivity index (χ2n) is 4.15. The summed E-state index contributed by atoms with van der Waals surface area (Å²) in [6, 6.07) is 11.6. The van der Waals surface area contributed by atoms with Crippen LogP contribution in [0.1, 0.15) is 0 Å². The zero-order valence-corrected chi connectivity index (χ0v) is 14.2. The van der Waals surface area contributed by atoms with Crippen molar-refractivity contribution >= 4 is 56.6 Å². The molecular formula is C14H10BrClN2O3S. The summed E-state index contributed by atoms with van der Waals surface area (Å²) in [5.74, 6) is -0.196. The standard InChI is InChI=1S/C14H10BrClN2O3S/c15-8-14(19)17-10-3-1-2-4-12(10)22-13-6-5-9(16)7-11(13)18(20)21/h1-7H,8H2,(H,17,19). The van der Waals surface area contributed by atoms with Gasteiger partial charge in [0.15, 0.2) is 0 Å². The smallest absolute Gasteiger partial charge is 0.284 e. The van der Waals surface area contributed by atoms with Gasteiger partial charge in [0.1, 0.15) is 0 Å². The SMILES string of the molecule is O=C(CBr)Nc1ccccc1Sc1ccc(Cl)cc1[N+](=O)[O-]. The molecule has 114 valence electrons. The number of nitrogens with zero attached hydrogens (tertiary/aromatic N) is 1. The van der Waals surface area contributed by atoms with Crippen LogP contribution in [0, 0.1) is 10.1 Å². The predicted octanol–water partition coefficient (Wildman–Crippen LogP) is 4.73. The van der Waals surface area contributed by atoms with Crippen molar-refractivity contribution in [2.45, 2.75) is 9.79 Å². The molecule has 0 saturated heterocycles. The lowest BCUT2D eigenvalue weighted by molar-refractivity contribution is -0.387. The summed E-state index contributed by atoms with van der Waals surface area (Å²) in [5.41, 5.74) is 0.528. The lowest BCUT2D eigenvalue weighted by atomic mass is 10.3. The van der Waals surface area contributed by atoms with E-state index in [9.17, 15) is 14.9 Å². The van der Waals surface area contributed by atoms with Crippen molar-refractivity contribution in [1.82, 2.24) is 0 Å². The molecule has 0 radical (unpaired) electrons. The van der Waals surface area contributed by atoms with Gasteiger partial charge >= 0.3 is 0 Å². The summed E-state index contributed by atoms with van der Waals surface area (Å²) in [7, 11) is 0. The first kappa shape index (κ1) is 16.8. The van der Waals surface area contributed by atoms with Crippen LogP contribution in [0.3, 0.4) is 0 Å². The highest BCUT2D eigenvalue weighted by Crippen LogP contribution is 2.39. The van der Waals surface area contributed by atoms with E-state index in [2.05, 4.69) is 21.2 Å². The Balaban J connectivity index is 2.35. The first-order chi connectivity index (χ1) is 10.5. The van der Waals surface area contributed by atoms with Crippen LogP contribution in [-0.2, 0) is 4.79 Å². The lowest BCUT2D eigenvalue weighted by Crippen LogP contribution is -2.12. The van der Waals surface area contributed by atoms with Gasteiger partial charge < -0.3 is 5.32 Å². The van der Waals surface area contributed by atoms with Crippen molar-refractivity contribution in [2.24, 2.45) is 0 Å². The fraction of sp³-hybridized carbons (Fsp3) is 0.0714. The van der Waals surface area contributed by atoms with Gasteiger partial charge in [-0.05, 0) is 24.3 Å². The van der Waals surface area contributed by atoms with E-state index in [1.54, 1.807) is 36.4 Å². The minimum Gasteiger partial charge on any atom is -0.324 e. The molecule has 5 nitrogen and oxygen atoms in total. The van der Waals surface area contributed by atoms with Crippen molar-refractivity contribution in [3.05, 3.63) is 57.6 Å². The van der Waals surface area contributed by atoms with Gasteiger partial charge in [-0.15, -0.1) is 0 Å². The van der Waals surface area contributed by atoms with Crippen LogP contribution in [0.2, 0.25) is 5.02 Å². The van der Waals surface area contributed by atoms with Crippen LogP contribution in [-0.4, -0.2) is 16.2 Å². The molecule has 0 aliphatic rings. The lowest BCUT2D eigenvalue weighted by Gasteiger charge is -2.10. The third-order valence-corrected chi connectivity index (χ3v) is 4.51. The van der Waals surface area contributed by atoms with E-state index >= 15 is 0 Å². The zero-order chi connectivity index (χ0) is 16.1. The van der Waals surface area contributed by atoms with Crippen molar-refractivity contribution in [2.75, 3.05) is 10.6 Å². The van der Waals surface area contributed by atoms with Gasteiger partial charge in [0.2, 0.25) is 5.91 Å². The quantitative estimate of drug-likeness (QED) is 0.446. The Bertz CT molecular complexity index is 727. The van der Waals surface area contributed by atoms with Crippen LogP contribution >= 0.6 is 39.3 Å². The van der Waals surface area contributed by atoms with E-state index in [4.69, 9.17) is 11.6 Å². The Morgan fingerprint density at radius 2 is 2.00 bits per heavy atom. The molecule has 0 unspecified atom stereocenters. The topological polar surface area (TPSA) is 72.2 Å². The largest absolute Gasteiger partial charge is 0.324 e. The number of para-hydroxylation sites is 1. The number of rotatable bonds is 5. The summed E-state index contributed by atoms with van der Waals surface area (Å²) in [6.45, 7) is 0. The molecular weight excluding hydrogens is 392 g/mol. The predicted molar refractivity (Wildman–Crippen MR) is 91.1 cm³/mol. The molecule has 2 aromatic carbocycles. The molecule has 1 N–H and O–H groups in total. The molecule has 0 bridgehead atoms. The first-order valence-electron chi connectivity index (χ1n) is 6.08. The Hall–Kier alpha value is -1.57. The van der Waals surface area contributed by atoms with Crippen LogP contribution < -0.4 is 5.32 Å². The van der Waals surface area contributed by atoms with E-state index in [0.717, 1.165) is 0 Å². The summed E-state index contributed by atoms with van der Waals surface area (Å²) < 4.78 is 0. The fourth-order valence-corrected chi connectivity index (χ4v) is 2.97. The van der Waals surface area contributed by atoms with Crippen LogP contribution in [0.25, 0.3) is 0 Å². The molecule has 1 amide bonds. The van der Waals surface area contributed by atoms with E-state index in [1.807, 2.05) is 0 Å². The maximum atomic E-state index is 11.5. The minimum atomic E-state index is -0.478. The summed E-state index contributed by atoms with van der Waals surface area (Å²) in [5, 5.41) is 14.3. The second kappa shape index (κ2) is 7.62. The number of nitro groups is 1. The number of anilines is 1. The van der Waals surface area contributed by atoms with E-state index in [0.29, 0.717) is 20.5 Å². The molecule has 22 heavy (non-hydrogen) atoms. The van der Waals surface area contributed by atoms with Crippen LogP contribution in [0.5, 0.6) is 0 Å². The fourth-order valence-electron chi connectivity index (χ4n) is 1.68. The van der Waals surface area contributed by atoms with Gasteiger partial charge in [0.25, 0.3) is 5.69 Å². The monoisotopic (exact) mass is 400 g/mol. The number of carbonyl (C=O) groups is 1. The first-order valence-corrected chi connectivity index (χ1v) is 8.39. The maximum Gasteiger partial charge on any atom is 0.284 e. The molecule has 0 aliphatic carbocycles. The normalized spacial score (nSPS) is 10.3. The van der Waals surface area contributed by atoms with Gasteiger partial charge in [0.05, 0.1) is 20.8 Å². The number of alkyl halides is 1. The molecule has 8 heteroatoms. The third-order valence-electron chi connectivity index (χ3n) is 2.62. The minimum absolute atomic E-state index is 0.0703. The van der Waals surface area contributed by atoms with Gasteiger partial charge in [-0.1, -0.05) is 51.4 Å². The summed E-state index contributed by atoms with van der Waals surface area (Å²) in [6.07, 6.45) is 0. The molecule has 0 aliphatic heterocycles. The van der Waals surface area contributed by atoms with Crippen LogP contribution in [0.15, 0.2) is 52.3 Å². The molecule has 2 aromatic rings. The van der Waals surface area contributed by atoms with Crippen LogP contribution in [0.4, 0.5) is 11.4 Å². The van der Waals surface area contributed by atoms with Gasteiger partial charge in [0, 0.05) is 16.0 Å². The average Bonchev–Trinajstić information content (AvgIpc) is 2.50. The van der Waals surface area contributed by atoms with E-state index < -0.39 is 4.92 Å². The Labute approximate surface area is 144 Å². The number of carbonyl (C=O) groups excluding carboxylic acids is 1. The van der Waals surface area contributed by atoms with Crippen molar-refractivity contribution in [3.63, 3.8) is 0 Å². The number of hydrogen-bond donors (Lipinski definition) is 1. The molecule has 0 heterocycles. The number of benzene rings is 2. The second-order valence-corrected chi connectivity index (χ2v) is 6.23. The Morgan fingerprint density at radius 1 is 1.27 bits per heavy atom. The highest BCUT2D eigenvalue weighted by atomic mass is 79.9. The number of nitrogens with one attached hydrogen (secondary N) is 1. The van der Waals surface area contributed by atoms with Gasteiger partial charge in [-0.25, -0.2) is 0 Å². The maximum absolute atomic E-state index is 11.5. The number of hydrogen-bond acceptors (Lipinski definition) is 4. The number of halogens is 2. The van der Waals surface area contributed by atoms with Crippen molar-refractivity contribution in [3.8, 4) is 0 Å². The third kappa shape index (κ3) is 4.22. The van der Waals surface area contributed by atoms with E-state index in [1.165, 1.54) is 17.8 Å². The number of amides is 1. The molecule has 0 saturated carbocycles. The molecule has 0 aromatic heterocycles. The molecule has 0 spiro atoms. The Kier molecular flexibility index (Phi) is 5.82. The Morgan fingerprint density at radius 3 is 2.68 bits per heavy atom. The number of nitro benzene ring substituents is 1. The molecule has 0 atom stereocenters. The van der Waals surface area contributed by atoms with Gasteiger partial charge in [-0.2, -0.15) is 0 Å². The summed E-state index contributed by atoms with van der Waals surface area (Å²) >= 11 is 10.1. The summed E-state index contributed by atoms with van der Waals surface area (Å²) in [4.78, 5) is 23.3. The average molecular weight is 402 g/mol. The molecule has 0 fully saturated rings. The van der Waals surface area contributed by atoms with Crippen molar-refractivity contribution in [1.29, 1.82) is 0 Å². The molecule has 2 rings (SSSR count). The van der Waals surface area contributed by atoms with Crippen molar-refractivity contribution < 1.29 is 9.72 Å².